The first kappa shape index (κ1) is 21.8. The van der Waals surface area contributed by atoms with E-state index in [-0.39, 0.29) is 24.0 Å². The van der Waals surface area contributed by atoms with Gasteiger partial charge in [-0.15, -0.1) is 0 Å². The Hall–Kier alpha value is -3.45. The fraction of sp³-hybridized carbons (Fsp3) is 0.320. The Kier molecular flexibility index (Phi) is 6.10. The molecule has 7 nitrogen and oxygen atoms in total. The van der Waals surface area contributed by atoms with Crippen LogP contribution in [-0.2, 0) is 19.1 Å². The number of hydrogen-bond donors (Lipinski definition) is 1. The average Bonchev–Trinajstić information content (AvgIpc) is 3.41. The van der Waals surface area contributed by atoms with Gasteiger partial charge >= 0.3 is 5.97 Å². The molecule has 2 aromatic rings. The number of likely N-dealkylation sites (tertiary alicyclic amines) is 1. The van der Waals surface area contributed by atoms with Gasteiger partial charge in [0.2, 0.25) is 0 Å². The fourth-order valence-corrected chi connectivity index (χ4v) is 4.21. The van der Waals surface area contributed by atoms with Gasteiger partial charge in [0.1, 0.15) is 5.76 Å². The molecular formula is C25H25NO6. The molecule has 0 aliphatic carbocycles. The average molecular weight is 435 g/mol. The zero-order valence-corrected chi connectivity index (χ0v) is 18.0. The molecule has 0 spiro atoms. The van der Waals surface area contributed by atoms with E-state index in [1.165, 1.54) is 12.0 Å². The Bertz CT molecular complexity index is 1060. The van der Waals surface area contributed by atoms with Gasteiger partial charge in [-0.2, -0.15) is 0 Å². The summed E-state index contributed by atoms with van der Waals surface area (Å²) >= 11 is 0. The van der Waals surface area contributed by atoms with Crippen LogP contribution in [0.25, 0.3) is 5.76 Å². The van der Waals surface area contributed by atoms with Crippen molar-refractivity contribution in [1.29, 1.82) is 0 Å². The summed E-state index contributed by atoms with van der Waals surface area (Å²) in [6.45, 7) is 2.79. The number of methoxy groups -OCH3 is 1. The second kappa shape index (κ2) is 8.96. The van der Waals surface area contributed by atoms with E-state index in [1.807, 2.05) is 19.1 Å². The third-order valence-corrected chi connectivity index (χ3v) is 5.94. The SMILES string of the molecule is COC(=O)c1ccc(C2C(=C(O)c3ccc(C)cc3)C(=O)C(=O)N2CC2CCCO2)cc1. The van der Waals surface area contributed by atoms with Gasteiger partial charge in [0.25, 0.3) is 11.7 Å². The number of Topliss-reactive ketones (excluding diaryl/α,β-unsaturated/α-hetero) is 1. The smallest absolute Gasteiger partial charge is 0.337 e. The molecular weight excluding hydrogens is 410 g/mol. The van der Waals surface area contributed by atoms with Crippen LogP contribution >= 0.6 is 0 Å². The van der Waals surface area contributed by atoms with E-state index in [9.17, 15) is 19.5 Å². The summed E-state index contributed by atoms with van der Waals surface area (Å²) in [5, 5.41) is 11.1. The molecule has 2 aliphatic rings. The van der Waals surface area contributed by atoms with Gasteiger partial charge in [-0.3, -0.25) is 9.59 Å². The number of ether oxygens (including phenoxy) is 2. The molecule has 2 heterocycles. The number of rotatable bonds is 5. The van der Waals surface area contributed by atoms with Crippen LogP contribution in [0.15, 0.2) is 54.1 Å². The van der Waals surface area contributed by atoms with Gasteiger partial charge in [-0.25, -0.2) is 4.79 Å². The second-order valence-electron chi connectivity index (χ2n) is 8.07. The summed E-state index contributed by atoms with van der Waals surface area (Å²) in [5.74, 6) is -2.11. The number of aryl methyl sites for hydroxylation is 1. The summed E-state index contributed by atoms with van der Waals surface area (Å²) in [5.41, 5.74) is 2.47. The minimum atomic E-state index is -0.785. The lowest BCUT2D eigenvalue weighted by Gasteiger charge is -2.27. The summed E-state index contributed by atoms with van der Waals surface area (Å²) in [6.07, 6.45) is 1.54. The van der Waals surface area contributed by atoms with E-state index < -0.39 is 23.7 Å². The maximum Gasteiger partial charge on any atom is 0.337 e. The molecule has 2 unspecified atom stereocenters. The molecule has 32 heavy (non-hydrogen) atoms. The highest BCUT2D eigenvalue weighted by molar-refractivity contribution is 6.46. The number of benzene rings is 2. The van der Waals surface area contributed by atoms with Crippen LogP contribution in [0.3, 0.4) is 0 Å². The Labute approximate surface area is 186 Å². The number of amides is 1. The minimum absolute atomic E-state index is 0.0302. The number of ketones is 1. The molecule has 0 saturated carbocycles. The Morgan fingerprint density at radius 1 is 1.09 bits per heavy atom. The number of esters is 1. The fourth-order valence-electron chi connectivity index (χ4n) is 4.21. The minimum Gasteiger partial charge on any atom is -0.507 e. The third-order valence-electron chi connectivity index (χ3n) is 5.94. The highest BCUT2D eigenvalue weighted by Gasteiger charge is 2.47. The first-order valence-corrected chi connectivity index (χ1v) is 10.6. The first-order chi connectivity index (χ1) is 15.4. The molecule has 7 heteroatoms. The van der Waals surface area contributed by atoms with Crippen molar-refractivity contribution in [3.63, 3.8) is 0 Å². The first-order valence-electron chi connectivity index (χ1n) is 10.6. The van der Waals surface area contributed by atoms with Gasteiger partial charge in [-0.05, 0) is 37.5 Å². The summed E-state index contributed by atoms with van der Waals surface area (Å²) in [7, 11) is 1.30. The predicted molar refractivity (Wildman–Crippen MR) is 117 cm³/mol. The number of aliphatic hydroxyl groups excluding tert-OH is 1. The van der Waals surface area contributed by atoms with Crippen molar-refractivity contribution in [1.82, 2.24) is 4.90 Å². The van der Waals surface area contributed by atoms with Crippen molar-refractivity contribution in [2.24, 2.45) is 0 Å². The molecule has 0 radical (unpaired) electrons. The Morgan fingerprint density at radius 3 is 2.34 bits per heavy atom. The lowest BCUT2D eigenvalue weighted by Crippen LogP contribution is -2.36. The molecule has 1 N–H and O–H groups in total. The van der Waals surface area contributed by atoms with Gasteiger partial charge in [0, 0.05) is 18.7 Å². The van der Waals surface area contributed by atoms with E-state index in [4.69, 9.17) is 9.47 Å². The van der Waals surface area contributed by atoms with Gasteiger partial charge < -0.3 is 19.5 Å². The lowest BCUT2D eigenvalue weighted by molar-refractivity contribution is -0.140. The van der Waals surface area contributed by atoms with Gasteiger partial charge in [0.05, 0.1) is 30.4 Å². The zero-order chi connectivity index (χ0) is 22.8. The van der Waals surface area contributed by atoms with E-state index >= 15 is 0 Å². The lowest BCUT2D eigenvalue weighted by atomic mass is 9.94. The molecule has 2 atom stereocenters. The normalized spacial score (nSPS) is 22.4. The molecule has 0 bridgehead atoms. The van der Waals surface area contributed by atoms with Crippen LogP contribution in [0.2, 0.25) is 0 Å². The molecule has 2 fully saturated rings. The standard InChI is InChI=1S/C25H25NO6/c1-15-5-7-17(8-6-15)22(27)20-21(16-9-11-18(12-10-16)25(30)31-2)26(24(29)23(20)28)14-19-4-3-13-32-19/h5-12,19,21,27H,3-4,13-14H2,1-2H3. The van der Waals surface area contributed by atoms with Crippen molar-refractivity contribution in [3.8, 4) is 0 Å². The van der Waals surface area contributed by atoms with Crippen LogP contribution in [0.4, 0.5) is 0 Å². The largest absolute Gasteiger partial charge is 0.507 e. The number of nitrogens with zero attached hydrogens (tertiary/aromatic N) is 1. The van der Waals surface area contributed by atoms with Crippen LogP contribution in [0.5, 0.6) is 0 Å². The zero-order valence-electron chi connectivity index (χ0n) is 18.0. The van der Waals surface area contributed by atoms with Crippen molar-refractivity contribution < 1.29 is 29.0 Å². The Morgan fingerprint density at radius 2 is 1.75 bits per heavy atom. The summed E-state index contributed by atoms with van der Waals surface area (Å²) < 4.78 is 10.4. The van der Waals surface area contributed by atoms with E-state index in [0.29, 0.717) is 23.3 Å². The van der Waals surface area contributed by atoms with Crippen molar-refractivity contribution >= 4 is 23.4 Å². The molecule has 166 valence electrons. The van der Waals surface area contributed by atoms with Gasteiger partial charge in [-0.1, -0.05) is 42.0 Å². The third kappa shape index (κ3) is 4.03. The number of carbonyl (C=O) groups excluding carboxylic acids is 3. The van der Waals surface area contributed by atoms with Crippen LogP contribution in [0.1, 0.15) is 45.9 Å². The number of aliphatic hydroxyl groups is 1. The van der Waals surface area contributed by atoms with Crippen molar-refractivity contribution in [2.45, 2.75) is 31.9 Å². The molecule has 1 amide bonds. The summed E-state index contributed by atoms with van der Waals surface area (Å²) in [6, 6.07) is 12.8. The van der Waals surface area contributed by atoms with Crippen LogP contribution in [-0.4, -0.2) is 54.0 Å². The monoisotopic (exact) mass is 435 g/mol. The number of carbonyl (C=O) groups is 3. The van der Waals surface area contributed by atoms with Crippen molar-refractivity contribution in [3.05, 3.63) is 76.4 Å². The van der Waals surface area contributed by atoms with E-state index in [0.717, 1.165) is 18.4 Å². The Balaban J connectivity index is 1.80. The maximum absolute atomic E-state index is 13.1. The maximum atomic E-state index is 13.1. The second-order valence-corrected chi connectivity index (χ2v) is 8.07. The molecule has 4 rings (SSSR count). The van der Waals surface area contributed by atoms with Crippen LogP contribution in [0, 0.1) is 6.92 Å². The quantitative estimate of drug-likeness (QED) is 0.335. The van der Waals surface area contributed by atoms with E-state index in [2.05, 4.69) is 0 Å². The number of hydrogen-bond acceptors (Lipinski definition) is 6. The predicted octanol–water partition coefficient (Wildman–Crippen LogP) is 3.38. The molecule has 0 aromatic heterocycles. The topological polar surface area (TPSA) is 93.1 Å². The highest BCUT2D eigenvalue weighted by atomic mass is 16.5. The summed E-state index contributed by atoms with van der Waals surface area (Å²) in [4.78, 5) is 39.3. The molecule has 2 saturated heterocycles. The van der Waals surface area contributed by atoms with E-state index in [1.54, 1.807) is 36.4 Å². The van der Waals surface area contributed by atoms with Gasteiger partial charge in [0.15, 0.2) is 0 Å². The van der Waals surface area contributed by atoms with Crippen molar-refractivity contribution in [2.75, 3.05) is 20.3 Å². The molecule has 2 aliphatic heterocycles. The molecule has 2 aromatic carbocycles. The highest BCUT2D eigenvalue weighted by Crippen LogP contribution is 2.40. The van der Waals surface area contributed by atoms with Crippen LogP contribution < -0.4 is 0 Å².